The van der Waals surface area contributed by atoms with E-state index in [1.54, 1.807) is 49.4 Å². The number of hydrogen-bond acceptors (Lipinski definition) is 7. The van der Waals surface area contributed by atoms with Crippen LogP contribution in [0.4, 0.5) is 16.2 Å². The van der Waals surface area contributed by atoms with Crippen LogP contribution in [0.15, 0.2) is 72.8 Å². The van der Waals surface area contributed by atoms with Crippen molar-refractivity contribution in [3.05, 3.63) is 89.5 Å². The summed E-state index contributed by atoms with van der Waals surface area (Å²) < 4.78 is 9.66. The van der Waals surface area contributed by atoms with Crippen molar-refractivity contribution in [2.24, 2.45) is 0 Å². The number of benzene rings is 3. The highest BCUT2D eigenvalue weighted by atomic mass is 16.7. The maximum atomic E-state index is 12.6. The molecule has 0 bridgehead atoms. The van der Waals surface area contributed by atoms with Crippen molar-refractivity contribution in [3.8, 4) is 5.75 Å². The Morgan fingerprint density at radius 1 is 0.806 bits per heavy atom. The number of ether oxygens (including phenoxy) is 2. The second-order valence-electron chi connectivity index (χ2n) is 7.63. The Kier molecular flexibility index (Phi) is 7.05. The number of nitrogens with one attached hydrogen (secondary N) is 2. The molecule has 3 aromatic carbocycles. The summed E-state index contributed by atoms with van der Waals surface area (Å²) in [6, 6.07) is 18.7. The molecule has 0 saturated heterocycles. The fourth-order valence-corrected chi connectivity index (χ4v) is 3.52. The predicted octanol–water partition coefficient (Wildman–Crippen LogP) is 3.71. The van der Waals surface area contributed by atoms with Crippen LogP contribution in [-0.2, 0) is 9.53 Å². The lowest BCUT2D eigenvalue weighted by Crippen LogP contribution is -2.37. The van der Waals surface area contributed by atoms with Gasteiger partial charge in [0.05, 0.1) is 17.7 Å². The van der Waals surface area contributed by atoms with Crippen LogP contribution in [-0.4, -0.2) is 47.8 Å². The molecule has 3 aromatic rings. The van der Waals surface area contributed by atoms with Crippen LogP contribution in [0.25, 0.3) is 0 Å². The molecule has 0 unspecified atom stereocenters. The first-order chi connectivity index (χ1) is 17.4. The highest BCUT2D eigenvalue weighted by Crippen LogP contribution is 2.23. The molecule has 0 saturated carbocycles. The van der Waals surface area contributed by atoms with E-state index in [0.717, 1.165) is 4.90 Å². The van der Waals surface area contributed by atoms with Crippen molar-refractivity contribution in [2.75, 3.05) is 23.8 Å². The molecule has 1 heterocycles. The van der Waals surface area contributed by atoms with Gasteiger partial charge in [-0.05, 0) is 61.5 Å². The number of imide groups is 1. The highest BCUT2D eigenvalue weighted by molar-refractivity contribution is 6.22. The normalized spacial score (nSPS) is 12.1. The molecule has 0 fully saturated rings. The van der Waals surface area contributed by atoms with Gasteiger partial charge in [-0.3, -0.25) is 24.1 Å². The fourth-order valence-electron chi connectivity index (χ4n) is 3.52. The molecule has 1 aliphatic heterocycles. The lowest BCUT2D eigenvalue weighted by atomic mass is 10.1. The molecular formula is C26H21N3O7. The van der Waals surface area contributed by atoms with Crippen LogP contribution < -0.4 is 15.4 Å². The largest absolute Gasteiger partial charge is 0.513 e. The van der Waals surface area contributed by atoms with Gasteiger partial charge in [0.25, 0.3) is 17.7 Å². The minimum Gasteiger partial charge on any atom is -0.434 e. The summed E-state index contributed by atoms with van der Waals surface area (Å²) in [6.07, 6.45) is -0.837. The van der Waals surface area contributed by atoms with E-state index in [4.69, 9.17) is 9.47 Å². The molecule has 4 amide bonds. The minimum absolute atomic E-state index is 0.182. The topological polar surface area (TPSA) is 131 Å². The smallest absolute Gasteiger partial charge is 0.434 e. The van der Waals surface area contributed by atoms with Crippen molar-refractivity contribution in [3.63, 3.8) is 0 Å². The van der Waals surface area contributed by atoms with Gasteiger partial charge in [0, 0.05) is 16.9 Å². The molecule has 36 heavy (non-hydrogen) atoms. The monoisotopic (exact) mass is 487 g/mol. The molecule has 0 spiro atoms. The summed E-state index contributed by atoms with van der Waals surface area (Å²) in [5, 5.41) is 5.34. The Morgan fingerprint density at radius 3 is 2.03 bits per heavy atom. The molecule has 0 atom stereocenters. The Labute approximate surface area is 205 Å². The summed E-state index contributed by atoms with van der Waals surface area (Å²) in [6.45, 7) is 1.40. The molecule has 0 aromatic heterocycles. The average molecular weight is 487 g/mol. The van der Waals surface area contributed by atoms with Gasteiger partial charge in [-0.15, -0.1) is 0 Å². The molecular weight excluding hydrogens is 466 g/mol. The second-order valence-corrected chi connectivity index (χ2v) is 7.63. The number of rotatable bonds is 7. The summed E-state index contributed by atoms with van der Waals surface area (Å²) >= 11 is 0. The molecule has 182 valence electrons. The van der Waals surface area contributed by atoms with Crippen LogP contribution in [0, 0.1) is 0 Å². The van der Waals surface area contributed by atoms with Crippen molar-refractivity contribution < 1.29 is 33.4 Å². The SMILES string of the molecule is CCOC(=O)Oc1ccc(C(=O)Nc2cccc(NC(=O)CN3C(=O)c4ccccc4C3=O)c2)cc1. The summed E-state index contributed by atoms with van der Waals surface area (Å²) in [7, 11) is 0. The summed E-state index contributed by atoms with van der Waals surface area (Å²) in [4.78, 5) is 62.3. The molecule has 1 aliphatic rings. The number of amides is 4. The first-order valence-electron chi connectivity index (χ1n) is 11.0. The van der Waals surface area contributed by atoms with Gasteiger partial charge in [0.1, 0.15) is 12.3 Å². The van der Waals surface area contributed by atoms with Crippen molar-refractivity contribution in [2.45, 2.75) is 6.92 Å². The van der Waals surface area contributed by atoms with Crippen LogP contribution in [0.1, 0.15) is 38.0 Å². The van der Waals surface area contributed by atoms with E-state index in [2.05, 4.69) is 10.6 Å². The Balaban J connectivity index is 1.35. The molecule has 0 aliphatic carbocycles. The van der Waals surface area contributed by atoms with Gasteiger partial charge in [0.2, 0.25) is 5.91 Å². The van der Waals surface area contributed by atoms with E-state index >= 15 is 0 Å². The first kappa shape index (κ1) is 24.1. The maximum Gasteiger partial charge on any atom is 0.513 e. The van der Waals surface area contributed by atoms with Gasteiger partial charge in [-0.25, -0.2) is 4.79 Å². The second kappa shape index (κ2) is 10.5. The van der Waals surface area contributed by atoms with Gasteiger partial charge in [-0.1, -0.05) is 18.2 Å². The molecule has 2 N–H and O–H groups in total. The van der Waals surface area contributed by atoms with Crippen molar-refractivity contribution in [1.29, 1.82) is 0 Å². The zero-order valence-electron chi connectivity index (χ0n) is 19.1. The third kappa shape index (κ3) is 5.39. The van der Waals surface area contributed by atoms with E-state index in [1.807, 2.05) is 0 Å². The number of carbonyl (C=O) groups is 5. The third-order valence-corrected chi connectivity index (χ3v) is 5.16. The van der Waals surface area contributed by atoms with Crippen LogP contribution >= 0.6 is 0 Å². The van der Waals surface area contributed by atoms with E-state index in [9.17, 15) is 24.0 Å². The highest BCUT2D eigenvalue weighted by Gasteiger charge is 2.36. The number of nitrogens with zero attached hydrogens (tertiary/aromatic N) is 1. The molecule has 0 radical (unpaired) electrons. The van der Waals surface area contributed by atoms with Gasteiger partial charge in [0.15, 0.2) is 0 Å². The minimum atomic E-state index is -0.837. The van der Waals surface area contributed by atoms with Gasteiger partial charge >= 0.3 is 6.16 Å². The van der Waals surface area contributed by atoms with Crippen LogP contribution in [0.3, 0.4) is 0 Å². The summed E-state index contributed by atoms with van der Waals surface area (Å²) in [5.41, 5.74) is 1.62. The average Bonchev–Trinajstić information content (AvgIpc) is 3.10. The maximum absolute atomic E-state index is 12.6. The predicted molar refractivity (Wildman–Crippen MR) is 129 cm³/mol. The van der Waals surface area contributed by atoms with Crippen LogP contribution in [0.2, 0.25) is 0 Å². The number of hydrogen-bond donors (Lipinski definition) is 2. The lowest BCUT2D eigenvalue weighted by Gasteiger charge is -2.14. The van der Waals surface area contributed by atoms with E-state index in [0.29, 0.717) is 16.9 Å². The van der Waals surface area contributed by atoms with Gasteiger partial charge in [-0.2, -0.15) is 0 Å². The van der Waals surface area contributed by atoms with E-state index < -0.39 is 36.3 Å². The molecule has 10 heteroatoms. The number of fused-ring (bicyclic) bond motifs is 1. The molecule has 4 rings (SSSR count). The van der Waals surface area contributed by atoms with E-state index in [-0.39, 0.29) is 23.5 Å². The number of carbonyl (C=O) groups excluding carboxylic acids is 5. The van der Waals surface area contributed by atoms with Crippen molar-refractivity contribution in [1.82, 2.24) is 4.90 Å². The summed E-state index contributed by atoms with van der Waals surface area (Å²) in [5.74, 6) is -1.80. The lowest BCUT2D eigenvalue weighted by molar-refractivity contribution is -0.116. The first-order valence-corrected chi connectivity index (χ1v) is 11.0. The Hall–Kier alpha value is -4.99. The van der Waals surface area contributed by atoms with Crippen LogP contribution in [0.5, 0.6) is 5.75 Å². The van der Waals surface area contributed by atoms with E-state index in [1.165, 1.54) is 30.3 Å². The zero-order valence-corrected chi connectivity index (χ0v) is 19.1. The quantitative estimate of drug-likeness (QED) is 0.295. The fraction of sp³-hybridized carbons (Fsp3) is 0.115. The molecule has 10 nitrogen and oxygen atoms in total. The van der Waals surface area contributed by atoms with Crippen molar-refractivity contribution >= 4 is 41.2 Å². The zero-order chi connectivity index (χ0) is 25.7. The Bertz CT molecular complexity index is 1320. The number of anilines is 2. The third-order valence-electron chi connectivity index (χ3n) is 5.16. The Morgan fingerprint density at radius 2 is 1.42 bits per heavy atom. The standard InChI is InChI=1S/C26H21N3O7/c1-2-35-26(34)36-19-12-10-16(11-13-19)23(31)28-18-7-5-6-17(14-18)27-22(30)15-29-24(32)20-8-3-4-9-21(20)25(29)33/h3-14H,2,15H2,1H3,(H,27,30)(H,28,31). The van der Waals surface area contributed by atoms with Gasteiger partial charge < -0.3 is 20.1 Å².